The molecule has 0 saturated carbocycles. The molecule has 2 aromatic rings. The topological polar surface area (TPSA) is 54.3 Å². The second kappa shape index (κ2) is 7.47. The zero-order chi connectivity index (χ0) is 17.0. The Morgan fingerprint density at radius 2 is 1.87 bits per heavy atom. The van der Waals surface area contributed by atoms with E-state index in [9.17, 15) is 4.79 Å². The number of aryl methyl sites for hydroxylation is 1. The number of aliphatic hydroxyl groups is 1. The summed E-state index contributed by atoms with van der Waals surface area (Å²) < 4.78 is 2.10. The van der Waals surface area contributed by atoms with Crippen LogP contribution in [0.15, 0.2) is 30.3 Å². The van der Waals surface area contributed by atoms with Crippen LogP contribution < -0.4 is 5.32 Å². The molecular formula is C19H26N2O2. The average molecular weight is 314 g/mol. The van der Waals surface area contributed by atoms with Crippen molar-refractivity contribution in [1.82, 2.24) is 9.88 Å². The molecule has 2 rings (SSSR count). The smallest absolute Gasteiger partial charge is 0.253 e. The van der Waals surface area contributed by atoms with Crippen molar-refractivity contribution in [2.24, 2.45) is 0 Å². The molecule has 0 unspecified atom stereocenters. The quantitative estimate of drug-likeness (QED) is 0.804. The molecule has 0 atom stereocenters. The van der Waals surface area contributed by atoms with Gasteiger partial charge in [0, 0.05) is 30.2 Å². The lowest BCUT2D eigenvalue weighted by Gasteiger charge is -2.12. The first-order chi connectivity index (χ1) is 11.0. The number of benzene rings is 1. The van der Waals surface area contributed by atoms with Crippen LogP contribution in [-0.2, 0) is 0 Å². The Balaban J connectivity index is 2.28. The third-order valence-corrected chi connectivity index (χ3v) is 4.11. The van der Waals surface area contributed by atoms with Crippen molar-refractivity contribution in [1.29, 1.82) is 0 Å². The Bertz CT molecular complexity index is 669. The number of carbonyl (C=O) groups is 1. The Morgan fingerprint density at radius 3 is 2.43 bits per heavy atom. The van der Waals surface area contributed by atoms with Gasteiger partial charge in [-0.2, -0.15) is 0 Å². The molecular weight excluding hydrogens is 288 g/mol. The van der Waals surface area contributed by atoms with Crippen LogP contribution in [0, 0.1) is 13.8 Å². The van der Waals surface area contributed by atoms with E-state index < -0.39 is 0 Å². The Kier molecular flexibility index (Phi) is 5.61. The third-order valence-electron chi connectivity index (χ3n) is 4.11. The maximum Gasteiger partial charge on any atom is 0.253 e. The molecule has 1 heterocycles. The average Bonchev–Trinajstić information content (AvgIpc) is 2.82. The number of carbonyl (C=O) groups excluding carboxylic acids is 1. The molecule has 1 amide bonds. The molecule has 2 N–H and O–H groups in total. The fraction of sp³-hybridized carbons (Fsp3) is 0.421. The van der Waals surface area contributed by atoms with E-state index in [0.29, 0.717) is 24.4 Å². The largest absolute Gasteiger partial charge is 0.396 e. The molecule has 0 fully saturated rings. The highest BCUT2D eigenvalue weighted by Crippen LogP contribution is 2.23. The number of hydrogen-bond donors (Lipinski definition) is 2. The third kappa shape index (κ3) is 3.82. The first-order valence-electron chi connectivity index (χ1n) is 8.14. The number of nitrogens with zero attached hydrogens (tertiary/aromatic N) is 1. The molecule has 0 saturated heterocycles. The second-order valence-corrected chi connectivity index (χ2v) is 6.20. The van der Waals surface area contributed by atoms with Crippen LogP contribution in [-0.4, -0.2) is 28.7 Å². The van der Waals surface area contributed by atoms with E-state index in [-0.39, 0.29) is 12.5 Å². The van der Waals surface area contributed by atoms with Crippen molar-refractivity contribution < 1.29 is 9.90 Å². The van der Waals surface area contributed by atoms with Gasteiger partial charge in [-0.3, -0.25) is 4.79 Å². The highest BCUT2D eigenvalue weighted by Gasteiger charge is 2.16. The number of aromatic nitrogens is 1. The normalized spacial score (nSPS) is 11.0. The lowest BCUT2D eigenvalue weighted by atomic mass is 10.0. The molecule has 124 valence electrons. The number of nitrogens with one attached hydrogen (secondary N) is 1. The first-order valence-corrected chi connectivity index (χ1v) is 8.14. The van der Waals surface area contributed by atoms with Crippen molar-refractivity contribution in [3.8, 4) is 5.69 Å². The van der Waals surface area contributed by atoms with Gasteiger partial charge < -0.3 is 15.0 Å². The SMILES string of the molecule is Cc1cc(C(=O)NCCCO)c(C)n1-c1ccc(C(C)C)cc1. The number of rotatable bonds is 6. The molecule has 23 heavy (non-hydrogen) atoms. The van der Waals surface area contributed by atoms with Crippen molar-refractivity contribution in [3.63, 3.8) is 0 Å². The minimum absolute atomic E-state index is 0.0848. The van der Waals surface area contributed by atoms with Crippen molar-refractivity contribution >= 4 is 5.91 Å². The van der Waals surface area contributed by atoms with Crippen LogP contribution >= 0.6 is 0 Å². The van der Waals surface area contributed by atoms with Gasteiger partial charge in [-0.1, -0.05) is 26.0 Å². The molecule has 4 nitrogen and oxygen atoms in total. The van der Waals surface area contributed by atoms with Crippen molar-refractivity contribution in [2.45, 2.75) is 40.0 Å². The summed E-state index contributed by atoms with van der Waals surface area (Å²) in [6, 6.07) is 10.4. The summed E-state index contributed by atoms with van der Waals surface area (Å²) in [6.07, 6.45) is 0.571. The van der Waals surface area contributed by atoms with Gasteiger partial charge in [0.15, 0.2) is 0 Å². The van der Waals surface area contributed by atoms with E-state index in [0.717, 1.165) is 17.1 Å². The number of aliphatic hydroxyl groups excluding tert-OH is 1. The highest BCUT2D eigenvalue weighted by molar-refractivity contribution is 5.95. The van der Waals surface area contributed by atoms with Crippen LogP contribution in [0.4, 0.5) is 0 Å². The molecule has 0 aliphatic heterocycles. The van der Waals surface area contributed by atoms with Gasteiger partial charge >= 0.3 is 0 Å². The Labute approximate surface area is 138 Å². The number of hydrogen-bond acceptors (Lipinski definition) is 2. The van der Waals surface area contributed by atoms with Crippen LogP contribution in [0.3, 0.4) is 0 Å². The minimum Gasteiger partial charge on any atom is -0.396 e. The van der Waals surface area contributed by atoms with Crippen molar-refractivity contribution in [2.75, 3.05) is 13.2 Å². The summed E-state index contributed by atoms with van der Waals surface area (Å²) in [5, 5.41) is 11.7. The lowest BCUT2D eigenvalue weighted by Crippen LogP contribution is -2.25. The van der Waals surface area contributed by atoms with Gasteiger partial charge in [-0.25, -0.2) is 0 Å². The molecule has 0 bridgehead atoms. The summed E-state index contributed by atoms with van der Waals surface area (Å²) in [5.41, 5.74) is 5.03. The lowest BCUT2D eigenvalue weighted by molar-refractivity contribution is 0.0950. The zero-order valence-electron chi connectivity index (χ0n) is 14.4. The van der Waals surface area contributed by atoms with Crippen molar-refractivity contribution in [3.05, 3.63) is 52.8 Å². The van der Waals surface area contributed by atoms with E-state index in [1.807, 2.05) is 19.9 Å². The number of amides is 1. The van der Waals surface area contributed by atoms with Gasteiger partial charge in [-0.05, 0) is 49.9 Å². The standard InChI is InChI=1S/C19H26N2O2/c1-13(2)16-6-8-17(9-7-16)21-14(3)12-18(15(21)4)19(23)20-10-5-11-22/h6-9,12-13,22H,5,10-11H2,1-4H3,(H,20,23). The highest BCUT2D eigenvalue weighted by atomic mass is 16.3. The summed E-state index contributed by atoms with van der Waals surface area (Å²) in [7, 11) is 0. The van der Waals surface area contributed by atoms with Gasteiger partial charge in [0.2, 0.25) is 0 Å². The van der Waals surface area contributed by atoms with Gasteiger partial charge in [0.25, 0.3) is 5.91 Å². The summed E-state index contributed by atoms with van der Waals surface area (Å²) in [6.45, 7) is 8.90. The van der Waals surface area contributed by atoms with Crippen LogP contribution in [0.1, 0.15) is 53.5 Å². The van der Waals surface area contributed by atoms with E-state index in [1.54, 1.807) is 0 Å². The van der Waals surface area contributed by atoms with E-state index >= 15 is 0 Å². The molecule has 0 radical (unpaired) electrons. The monoisotopic (exact) mass is 314 g/mol. The van der Waals surface area contributed by atoms with Gasteiger partial charge in [-0.15, -0.1) is 0 Å². The van der Waals surface area contributed by atoms with E-state index in [4.69, 9.17) is 5.11 Å². The molecule has 1 aromatic heterocycles. The van der Waals surface area contributed by atoms with Gasteiger partial charge in [0.1, 0.15) is 0 Å². The van der Waals surface area contributed by atoms with Gasteiger partial charge in [0.05, 0.1) is 5.56 Å². The fourth-order valence-electron chi connectivity index (χ4n) is 2.77. The molecule has 0 spiro atoms. The predicted molar refractivity (Wildman–Crippen MR) is 93.4 cm³/mol. The molecule has 0 aliphatic rings. The van der Waals surface area contributed by atoms with E-state index in [1.165, 1.54) is 5.56 Å². The predicted octanol–water partition coefficient (Wildman–Crippen LogP) is 3.33. The fourth-order valence-corrected chi connectivity index (χ4v) is 2.77. The summed E-state index contributed by atoms with van der Waals surface area (Å²) in [5.74, 6) is 0.417. The Morgan fingerprint density at radius 1 is 1.22 bits per heavy atom. The summed E-state index contributed by atoms with van der Waals surface area (Å²) >= 11 is 0. The van der Waals surface area contributed by atoms with Crippen LogP contribution in [0.25, 0.3) is 5.69 Å². The first kappa shape index (κ1) is 17.3. The minimum atomic E-state index is -0.0865. The second-order valence-electron chi connectivity index (χ2n) is 6.20. The molecule has 1 aromatic carbocycles. The van der Waals surface area contributed by atoms with Crippen LogP contribution in [0.5, 0.6) is 0 Å². The van der Waals surface area contributed by atoms with E-state index in [2.05, 4.69) is 48.0 Å². The molecule has 4 heteroatoms. The maximum absolute atomic E-state index is 12.3. The molecule has 0 aliphatic carbocycles. The zero-order valence-corrected chi connectivity index (χ0v) is 14.4. The maximum atomic E-state index is 12.3. The van der Waals surface area contributed by atoms with Crippen LogP contribution in [0.2, 0.25) is 0 Å². The Hall–Kier alpha value is -2.07. The summed E-state index contributed by atoms with van der Waals surface area (Å²) in [4.78, 5) is 12.3.